The molecule has 8 heteroatoms. The van der Waals surface area contributed by atoms with Gasteiger partial charge >= 0.3 is 12.4 Å². The number of phenolic OH excluding ortho intramolecular Hbond substituents is 1. The molecule has 2 nitrogen and oxygen atoms in total. The number of aromatic hydroxyl groups is 1. The lowest BCUT2D eigenvalue weighted by Gasteiger charge is -2.14. The van der Waals surface area contributed by atoms with Crippen LogP contribution in [0.5, 0.6) is 5.75 Å². The molecule has 122 valence electrons. The summed E-state index contributed by atoms with van der Waals surface area (Å²) in [4.78, 5) is 10.7. The van der Waals surface area contributed by atoms with Crippen LogP contribution in [0.25, 0.3) is 11.1 Å². The molecule has 2 aromatic rings. The van der Waals surface area contributed by atoms with E-state index in [0.717, 1.165) is 18.2 Å². The fourth-order valence-electron chi connectivity index (χ4n) is 1.95. The molecule has 0 aromatic heterocycles. The number of carbonyl (C=O) groups excluding carboxylic acids is 1. The number of benzene rings is 2. The van der Waals surface area contributed by atoms with Crippen molar-refractivity contribution in [2.45, 2.75) is 12.4 Å². The zero-order valence-electron chi connectivity index (χ0n) is 11.2. The second-order valence-electron chi connectivity index (χ2n) is 4.69. The minimum Gasteiger partial charge on any atom is -0.507 e. The average molecular weight is 334 g/mol. The minimum atomic E-state index is -4.96. The van der Waals surface area contributed by atoms with Gasteiger partial charge in [-0.05, 0) is 41.5 Å². The molecule has 0 aliphatic carbocycles. The Kier molecular flexibility index (Phi) is 4.10. The lowest BCUT2D eigenvalue weighted by Crippen LogP contribution is -2.11. The fraction of sp³-hybridized carbons (Fsp3) is 0.133. The summed E-state index contributed by atoms with van der Waals surface area (Å²) in [6, 6.07) is 4.28. The monoisotopic (exact) mass is 334 g/mol. The van der Waals surface area contributed by atoms with E-state index in [1.54, 1.807) is 0 Å². The maximum absolute atomic E-state index is 12.8. The summed E-state index contributed by atoms with van der Waals surface area (Å²) < 4.78 is 76.8. The summed E-state index contributed by atoms with van der Waals surface area (Å²) in [7, 11) is 0. The lowest BCUT2D eigenvalue weighted by molar-refractivity contribution is -0.143. The summed E-state index contributed by atoms with van der Waals surface area (Å²) >= 11 is 0. The molecule has 0 unspecified atom stereocenters. The van der Waals surface area contributed by atoms with Crippen molar-refractivity contribution in [1.29, 1.82) is 0 Å². The quantitative estimate of drug-likeness (QED) is 0.626. The van der Waals surface area contributed by atoms with Crippen LogP contribution in [-0.2, 0) is 12.4 Å². The first-order chi connectivity index (χ1) is 10.5. The third kappa shape index (κ3) is 3.64. The number of aldehydes is 1. The van der Waals surface area contributed by atoms with E-state index >= 15 is 0 Å². The molecule has 2 rings (SSSR count). The van der Waals surface area contributed by atoms with Gasteiger partial charge < -0.3 is 5.11 Å². The van der Waals surface area contributed by atoms with E-state index in [1.165, 1.54) is 0 Å². The van der Waals surface area contributed by atoms with Crippen LogP contribution in [-0.4, -0.2) is 11.4 Å². The van der Waals surface area contributed by atoms with Gasteiger partial charge in [0.15, 0.2) is 6.29 Å². The molecular weight excluding hydrogens is 326 g/mol. The van der Waals surface area contributed by atoms with Crippen LogP contribution in [0.2, 0.25) is 0 Å². The van der Waals surface area contributed by atoms with Crippen LogP contribution in [0.4, 0.5) is 26.3 Å². The molecule has 0 atom stereocenters. The third-order valence-corrected chi connectivity index (χ3v) is 3.08. The molecule has 0 bridgehead atoms. The molecular formula is C15H8F6O2. The van der Waals surface area contributed by atoms with Gasteiger partial charge in [0, 0.05) is 0 Å². The predicted molar refractivity (Wildman–Crippen MR) is 68.9 cm³/mol. The van der Waals surface area contributed by atoms with Crippen molar-refractivity contribution in [2.24, 2.45) is 0 Å². The molecule has 2 aromatic carbocycles. The molecule has 0 radical (unpaired) electrons. The standard InChI is InChI=1S/C15H8F6O2/c16-14(17,18)11-4-9(5-12(6-11)15(19,20)21)8-1-2-13(23)10(3-8)7-22/h1-7,23H. The van der Waals surface area contributed by atoms with Crippen LogP contribution < -0.4 is 0 Å². The molecule has 0 amide bonds. The maximum Gasteiger partial charge on any atom is 0.416 e. The number of carbonyl (C=O) groups is 1. The summed E-state index contributed by atoms with van der Waals surface area (Å²) in [6.07, 6.45) is -9.67. The highest BCUT2D eigenvalue weighted by Crippen LogP contribution is 2.39. The number of rotatable bonds is 2. The van der Waals surface area contributed by atoms with E-state index in [-0.39, 0.29) is 29.0 Å². The van der Waals surface area contributed by atoms with E-state index in [2.05, 4.69) is 0 Å². The molecule has 23 heavy (non-hydrogen) atoms. The second-order valence-corrected chi connectivity index (χ2v) is 4.69. The summed E-state index contributed by atoms with van der Waals surface area (Å²) in [5.41, 5.74) is -3.57. The van der Waals surface area contributed by atoms with E-state index in [1.807, 2.05) is 0 Å². The molecule has 0 saturated carbocycles. The first kappa shape index (κ1) is 16.9. The minimum absolute atomic E-state index is 0.0184. The normalized spacial score (nSPS) is 12.3. The molecule has 0 aliphatic heterocycles. The highest BCUT2D eigenvalue weighted by molar-refractivity contribution is 5.83. The number of alkyl halides is 6. The Bertz CT molecular complexity index is 714. The summed E-state index contributed by atoms with van der Waals surface area (Å²) in [5.74, 6) is -0.424. The third-order valence-electron chi connectivity index (χ3n) is 3.08. The smallest absolute Gasteiger partial charge is 0.416 e. The predicted octanol–water partition coefficient (Wildman–Crippen LogP) is 4.91. The van der Waals surface area contributed by atoms with Gasteiger partial charge in [-0.2, -0.15) is 26.3 Å². The van der Waals surface area contributed by atoms with Gasteiger partial charge in [-0.15, -0.1) is 0 Å². The Morgan fingerprint density at radius 2 is 1.30 bits per heavy atom. The first-order valence-electron chi connectivity index (χ1n) is 6.10. The highest BCUT2D eigenvalue weighted by atomic mass is 19.4. The average Bonchev–Trinajstić information content (AvgIpc) is 2.45. The zero-order chi connectivity index (χ0) is 17.4. The van der Waals surface area contributed by atoms with Crippen molar-refractivity contribution in [3.05, 3.63) is 53.1 Å². The van der Waals surface area contributed by atoms with Crippen molar-refractivity contribution in [3.8, 4) is 16.9 Å². The Hall–Kier alpha value is -2.51. The maximum atomic E-state index is 12.8. The van der Waals surface area contributed by atoms with Gasteiger partial charge in [-0.1, -0.05) is 6.07 Å². The Labute approximate surface area is 126 Å². The summed E-state index contributed by atoms with van der Waals surface area (Å²) in [6.45, 7) is 0. The van der Waals surface area contributed by atoms with E-state index in [4.69, 9.17) is 0 Å². The van der Waals surface area contributed by atoms with Crippen LogP contribution in [0.1, 0.15) is 21.5 Å². The molecule has 1 N–H and O–H groups in total. The van der Waals surface area contributed by atoms with E-state index in [9.17, 15) is 36.2 Å². The van der Waals surface area contributed by atoms with Crippen molar-refractivity contribution in [2.75, 3.05) is 0 Å². The molecule has 0 fully saturated rings. The molecule has 0 spiro atoms. The van der Waals surface area contributed by atoms with Gasteiger partial charge in [0.25, 0.3) is 0 Å². The van der Waals surface area contributed by atoms with Crippen molar-refractivity contribution in [1.82, 2.24) is 0 Å². The largest absolute Gasteiger partial charge is 0.507 e. The van der Waals surface area contributed by atoms with Crippen LogP contribution in [0.15, 0.2) is 36.4 Å². The van der Waals surface area contributed by atoms with Gasteiger partial charge in [-0.3, -0.25) is 4.79 Å². The Morgan fingerprint density at radius 3 is 1.74 bits per heavy atom. The van der Waals surface area contributed by atoms with Gasteiger partial charge in [-0.25, -0.2) is 0 Å². The SMILES string of the molecule is O=Cc1cc(-c2cc(C(F)(F)F)cc(C(F)(F)F)c2)ccc1O. The zero-order valence-corrected chi connectivity index (χ0v) is 11.2. The molecule has 0 aliphatic rings. The molecule has 0 saturated heterocycles. The van der Waals surface area contributed by atoms with Crippen molar-refractivity contribution >= 4 is 6.29 Å². The number of hydrogen-bond donors (Lipinski definition) is 1. The van der Waals surface area contributed by atoms with E-state index in [0.29, 0.717) is 12.1 Å². The number of hydrogen-bond acceptors (Lipinski definition) is 2. The lowest BCUT2D eigenvalue weighted by atomic mass is 9.97. The summed E-state index contributed by atoms with van der Waals surface area (Å²) in [5, 5.41) is 9.36. The van der Waals surface area contributed by atoms with E-state index < -0.39 is 29.2 Å². The Morgan fingerprint density at radius 1 is 0.783 bits per heavy atom. The second kappa shape index (κ2) is 5.60. The number of halogens is 6. The number of phenols is 1. The van der Waals surface area contributed by atoms with Crippen LogP contribution in [0.3, 0.4) is 0 Å². The molecule has 0 heterocycles. The van der Waals surface area contributed by atoms with Gasteiger partial charge in [0.1, 0.15) is 5.75 Å². The Balaban J connectivity index is 2.69. The van der Waals surface area contributed by atoms with Gasteiger partial charge in [0.2, 0.25) is 0 Å². The topological polar surface area (TPSA) is 37.3 Å². The van der Waals surface area contributed by atoms with Crippen LogP contribution in [0, 0.1) is 0 Å². The fourth-order valence-corrected chi connectivity index (χ4v) is 1.95. The van der Waals surface area contributed by atoms with Crippen molar-refractivity contribution in [3.63, 3.8) is 0 Å². The van der Waals surface area contributed by atoms with Crippen LogP contribution >= 0.6 is 0 Å². The highest BCUT2D eigenvalue weighted by Gasteiger charge is 2.37. The van der Waals surface area contributed by atoms with Gasteiger partial charge in [0.05, 0.1) is 16.7 Å². The van der Waals surface area contributed by atoms with Crippen molar-refractivity contribution < 1.29 is 36.2 Å². The first-order valence-corrected chi connectivity index (χ1v) is 6.10.